The Morgan fingerprint density at radius 1 is 0.628 bits per heavy atom. The van der Waals surface area contributed by atoms with Crippen molar-refractivity contribution in [2.45, 2.75) is 66.5 Å². The van der Waals surface area contributed by atoms with E-state index in [0.717, 1.165) is 17.7 Å². The van der Waals surface area contributed by atoms with E-state index >= 15 is 0 Å². The molecule has 0 atom stereocenters. The molecule has 5 nitrogen and oxygen atoms in total. The van der Waals surface area contributed by atoms with Gasteiger partial charge in [-0.25, -0.2) is 22.0 Å². The third-order valence-electron chi connectivity index (χ3n) is 7.04. The maximum atomic E-state index is 14.4. The second-order valence-corrected chi connectivity index (χ2v) is 10.5. The SMILES string of the molecule is CCn1c(-c2c(F)cc(F)cc2F)c(C(C)C)ccc1=O.CCn1c(-c2c(F)cc(OC)cc2F)c(C(C)C)ccc1=O. The maximum absolute atomic E-state index is 14.4. The third-order valence-corrected chi connectivity index (χ3v) is 7.04. The minimum absolute atomic E-state index is 0.0225. The Bertz CT molecular complexity index is 1700. The van der Waals surface area contributed by atoms with Crippen molar-refractivity contribution in [3.8, 4) is 28.3 Å². The van der Waals surface area contributed by atoms with Gasteiger partial charge >= 0.3 is 0 Å². The fourth-order valence-electron chi connectivity index (χ4n) is 4.97. The van der Waals surface area contributed by atoms with Crippen molar-refractivity contribution in [1.29, 1.82) is 0 Å². The van der Waals surface area contributed by atoms with Crippen LogP contribution in [-0.2, 0) is 13.1 Å². The highest BCUT2D eigenvalue weighted by molar-refractivity contribution is 5.67. The number of methoxy groups -OCH3 is 1. The summed E-state index contributed by atoms with van der Waals surface area (Å²) in [5, 5.41) is 0. The first-order chi connectivity index (χ1) is 20.3. The third kappa shape index (κ3) is 6.89. The molecule has 0 aliphatic carbocycles. The van der Waals surface area contributed by atoms with Crippen LogP contribution >= 0.6 is 0 Å². The summed E-state index contributed by atoms with van der Waals surface area (Å²) >= 11 is 0. The van der Waals surface area contributed by atoms with E-state index in [1.165, 1.54) is 28.4 Å². The summed E-state index contributed by atoms with van der Waals surface area (Å²) in [5.41, 5.74) is 0.656. The van der Waals surface area contributed by atoms with Crippen molar-refractivity contribution in [1.82, 2.24) is 9.13 Å². The number of hydrogen-bond acceptors (Lipinski definition) is 3. The molecule has 4 aromatic rings. The van der Waals surface area contributed by atoms with Crippen LogP contribution in [-0.4, -0.2) is 16.2 Å². The Hall–Kier alpha value is -4.21. The van der Waals surface area contributed by atoms with Gasteiger partial charge in [0.05, 0.1) is 29.6 Å². The molecule has 2 aromatic heterocycles. The summed E-state index contributed by atoms with van der Waals surface area (Å²) in [7, 11) is 1.35. The summed E-state index contributed by atoms with van der Waals surface area (Å²) in [6.07, 6.45) is 0. The van der Waals surface area contributed by atoms with E-state index in [-0.39, 0.29) is 52.1 Å². The molecule has 2 aromatic carbocycles. The van der Waals surface area contributed by atoms with Gasteiger partial charge in [-0.2, -0.15) is 0 Å². The second kappa shape index (κ2) is 13.8. The van der Waals surface area contributed by atoms with E-state index in [9.17, 15) is 31.5 Å². The van der Waals surface area contributed by atoms with Crippen molar-refractivity contribution >= 4 is 0 Å². The first-order valence-electron chi connectivity index (χ1n) is 13.9. The van der Waals surface area contributed by atoms with Gasteiger partial charge in [-0.15, -0.1) is 0 Å². The van der Waals surface area contributed by atoms with E-state index in [1.807, 2.05) is 27.7 Å². The zero-order valence-corrected chi connectivity index (χ0v) is 25.2. The normalized spacial score (nSPS) is 11.1. The first-order valence-corrected chi connectivity index (χ1v) is 13.9. The molecule has 0 radical (unpaired) electrons. The van der Waals surface area contributed by atoms with E-state index in [2.05, 4.69) is 0 Å². The predicted octanol–water partition coefficient (Wildman–Crippen LogP) is 8.02. The molecule has 0 spiro atoms. The lowest BCUT2D eigenvalue weighted by atomic mass is 9.96. The number of aromatic nitrogens is 2. The molecule has 0 bridgehead atoms. The molecule has 0 fully saturated rings. The molecule has 4 rings (SSSR count). The molecule has 0 aliphatic heterocycles. The average molecular weight is 603 g/mol. The standard InChI is InChI=1S/C17H19F2NO2.C16H16F3NO/c1-5-20-15(21)7-6-12(10(2)3)17(20)16-13(18)8-11(22-4)9-14(16)19;1-4-20-14(21)6-5-11(9(2)3)16(20)15-12(18)7-10(17)8-13(15)19/h6-10H,5H2,1-4H3;5-9H,4H2,1-3H3. The lowest BCUT2D eigenvalue weighted by Gasteiger charge is -2.19. The van der Waals surface area contributed by atoms with Gasteiger partial charge in [0.2, 0.25) is 0 Å². The van der Waals surface area contributed by atoms with Gasteiger partial charge in [-0.1, -0.05) is 39.8 Å². The fraction of sp³-hybridized carbons (Fsp3) is 0.333. The van der Waals surface area contributed by atoms with Crippen molar-refractivity contribution in [2.24, 2.45) is 0 Å². The van der Waals surface area contributed by atoms with Gasteiger partial charge in [0.25, 0.3) is 11.1 Å². The molecule has 0 aliphatic rings. The first kappa shape index (κ1) is 33.3. The number of halogens is 5. The van der Waals surface area contributed by atoms with Gasteiger partial charge < -0.3 is 13.9 Å². The van der Waals surface area contributed by atoms with E-state index < -0.39 is 29.1 Å². The highest BCUT2D eigenvalue weighted by atomic mass is 19.2. The Morgan fingerprint density at radius 2 is 0.977 bits per heavy atom. The van der Waals surface area contributed by atoms with Crippen molar-refractivity contribution in [2.75, 3.05) is 7.11 Å². The molecule has 43 heavy (non-hydrogen) atoms. The molecule has 0 amide bonds. The summed E-state index contributed by atoms with van der Waals surface area (Å²) in [5.74, 6) is -4.41. The number of ether oxygens (including phenoxy) is 1. The van der Waals surface area contributed by atoms with Gasteiger partial charge in [0.15, 0.2) is 0 Å². The predicted molar refractivity (Wildman–Crippen MR) is 158 cm³/mol. The Kier molecular flexibility index (Phi) is 10.7. The van der Waals surface area contributed by atoms with Crippen LogP contribution in [0.4, 0.5) is 22.0 Å². The molecule has 230 valence electrons. The lowest BCUT2D eigenvalue weighted by Crippen LogP contribution is -2.22. The molecule has 0 saturated carbocycles. The number of hydrogen-bond donors (Lipinski definition) is 0. The highest BCUT2D eigenvalue weighted by Gasteiger charge is 2.23. The molecule has 0 saturated heterocycles. The highest BCUT2D eigenvalue weighted by Crippen LogP contribution is 2.35. The van der Waals surface area contributed by atoms with Crippen LogP contribution in [0.1, 0.15) is 64.5 Å². The topological polar surface area (TPSA) is 53.2 Å². The van der Waals surface area contributed by atoms with Crippen molar-refractivity contribution < 1.29 is 26.7 Å². The number of benzene rings is 2. The minimum Gasteiger partial charge on any atom is -0.497 e. The quantitative estimate of drug-likeness (QED) is 0.201. The van der Waals surface area contributed by atoms with E-state index in [4.69, 9.17) is 4.74 Å². The monoisotopic (exact) mass is 602 g/mol. The Morgan fingerprint density at radius 3 is 1.28 bits per heavy atom. The van der Waals surface area contributed by atoms with Crippen LogP contribution in [0.3, 0.4) is 0 Å². The van der Waals surface area contributed by atoms with Gasteiger partial charge in [-0.05, 0) is 36.8 Å². The lowest BCUT2D eigenvalue weighted by molar-refractivity contribution is 0.407. The summed E-state index contributed by atoms with van der Waals surface area (Å²) < 4.78 is 77.7. The molecular formula is C33H35F5N2O3. The van der Waals surface area contributed by atoms with Crippen molar-refractivity contribution in [3.05, 3.63) is 109 Å². The van der Waals surface area contributed by atoms with Crippen LogP contribution < -0.4 is 15.9 Å². The van der Waals surface area contributed by atoms with Crippen LogP contribution in [0.2, 0.25) is 0 Å². The molecule has 0 N–H and O–H groups in total. The summed E-state index contributed by atoms with van der Waals surface area (Å²) in [6.45, 7) is 11.7. The molecular weight excluding hydrogens is 567 g/mol. The largest absolute Gasteiger partial charge is 0.497 e. The van der Waals surface area contributed by atoms with Crippen LogP contribution in [0.25, 0.3) is 22.5 Å². The zero-order chi connectivity index (χ0) is 32.2. The number of rotatable bonds is 7. The second-order valence-electron chi connectivity index (χ2n) is 10.5. The minimum atomic E-state index is -1.01. The van der Waals surface area contributed by atoms with Gasteiger partial charge in [0, 0.05) is 49.5 Å². The Balaban J connectivity index is 0.000000236. The number of pyridine rings is 2. The zero-order valence-electron chi connectivity index (χ0n) is 25.2. The smallest absolute Gasteiger partial charge is 0.251 e. The van der Waals surface area contributed by atoms with Crippen LogP contribution in [0.5, 0.6) is 5.75 Å². The molecule has 2 heterocycles. The van der Waals surface area contributed by atoms with Crippen molar-refractivity contribution in [3.63, 3.8) is 0 Å². The van der Waals surface area contributed by atoms with Crippen LogP contribution in [0, 0.1) is 29.1 Å². The summed E-state index contributed by atoms with van der Waals surface area (Å²) in [4.78, 5) is 24.0. The maximum Gasteiger partial charge on any atom is 0.251 e. The van der Waals surface area contributed by atoms with E-state index in [1.54, 1.807) is 26.0 Å². The molecule has 10 heteroatoms. The van der Waals surface area contributed by atoms with Crippen LogP contribution in [0.15, 0.2) is 58.1 Å². The van der Waals surface area contributed by atoms with Gasteiger partial charge in [-0.3, -0.25) is 9.59 Å². The van der Waals surface area contributed by atoms with E-state index in [0.29, 0.717) is 29.9 Å². The Labute approximate surface area is 247 Å². The summed E-state index contributed by atoms with van der Waals surface area (Å²) in [6, 6.07) is 9.51. The number of nitrogens with zero attached hydrogens (tertiary/aromatic N) is 2. The molecule has 0 unspecified atom stereocenters. The fourth-order valence-corrected chi connectivity index (χ4v) is 4.97. The average Bonchev–Trinajstić information content (AvgIpc) is 2.92. The van der Waals surface area contributed by atoms with Gasteiger partial charge in [0.1, 0.15) is 34.8 Å².